The van der Waals surface area contributed by atoms with Gasteiger partial charge in [0.25, 0.3) is 0 Å². The van der Waals surface area contributed by atoms with Gasteiger partial charge in [0.05, 0.1) is 16.4 Å². The molecule has 11 heteroatoms. The lowest BCUT2D eigenvalue weighted by Crippen LogP contribution is -2.47. The molecule has 3 aromatic rings. The molecule has 0 aliphatic carbocycles. The molecule has 37 heavy (non-hydrogen) atoms. The summed E-state index contributed by atoms with van der Waals surface area (Å²) in [5.74, 6) is 0.366. The van der Waals surface area contributed by atoms with Crippen molar-refractivity contribution in [2.45, 2.75) is 48.7 Å². The van der Waals surface area contributed by atoms with Gasteiger partial charge in [-0.1, -0.05) is 41.9 Å². The Morgan fingerprint density at radius 3 is 2.30 bits per heavy atom. The highest BCUT2D eigenvalue weighted by Gasteiger charge is 2.36. The number of aromatic hydroxyl groups is 1. The molecule has 2 amide bonds. The largest absolute Gasteiger partial charge is 0.504 e. The molecule has 3 aromatic carbocycles. The summed E-state index contributed by atoms with van der Waals surface area (Å²) in [5, 5.41) is 19.3. The predicted octanol–water partition coefficient (Wildman–Crippen LogP) is 5.04. The maximum atomic E-state index is 13.2. The average molecular weight is 543 g/mol. The summed E-state index contributed by atoms with van der Waals surface area (Å²) in [7, 11) is -4.15. The lowest BCUT2D eigenvalue weighted by atomic mass is 10.0. The normalized spacial score (nSPS) is 20.8. The summed E-state index contributed by atoms with van der Waals surface area (Å²) < 4.78 is 34.9. The molecule has 2 aliphatic rings. The molecule has 5 N–H and O–H groups in total. The van der Waals surface area contributed by atoms with E-state index < -0.39 is 26.7 Å². The Bertz CT molecular complexity index is 1390. The van der Waals surface area contributed by atoms with Gasteiger partial charge >= 0.3 is 6.03 Å². The van der Waals surface area contributed by atoms with E-state index in [1.807, 2.05) is 18.2 Å². The van der Waals surface area contributed by atoms with Gasteiger partial charge in [0.1, 0.15) is 10.6 Å². The number of para-hydroxylation sites is 3. The van der Waals surface area contributed by atoms with E-state index in [1.54, 1.807) is 36.4 Å². The SMILES string of the molecule is O=C(Nc1ccccc1Oc1ccccc1)Nc1ccc(Cl)c(S(=O)(=O)NC2C[C@H]3CC[C@@H](C2)N3)c1O. The Kier molecular flexibility index (Phi) is 7.25. The molecule has 3 atom stereocenters. The van der Waals surface area contributed by atoms with Crippen LogP contribution >= 0.6 is 11.6 Å². The van der Waals surface area contributed by atoms with Gasteiger partial charge in [0.15, 0.2) is 11.5 Å². The van der Waals surface area contributed by atoms with Gasteiger partial charge in [-0.15, -0.1) is 0 Å². The third kappa shape index (κ3) is 5.83. The first-order valence-corrected chi connectivity index (χ1v) is 13.8. The van der Waals surface area contributed by atoms with Gasteiger partial charge in [0.2, 0.25) is 10.0 Å². The summed E-state index contributed by atoms with van der Waals surface area (Å²) in [6, 6.07) is 18.2. The summed E-state index contributed by atoms with van der Waals surface area (Å²) in [4.78, 5) is 12.3. The predicted molar refractivity (Wildman–Crippen MR) is 142 cm³/mol. The number of carbonyl (C=O) groups excluding carboxylic acids is 1. The minimum atomic E-state index is -4.15. The molecular formula is C26H27ClN4O5S. The van der Waals surface area contributed by atoms with Crippen molar-refractivity contribution in [3.63, 3.8) is 0 Å². The van der Waals surface area contributed by atoms with Crippen LogP contribution in [0, 0.1) is 0 Å². The number of urea groups is 1. The lowest BCUT2D eigenvalue weighted by Gasteiger charge is -2.29. The number of nitrogens with one attached hydrogen (secondary N) is 4. The van der Waals surface area contributed by atoms with Crippen LogP contribution in [0.25, 0.3) is 0 Å². The molecule has 9 nitrogen and oxygen atoms in total. The maximum absolute atomic E-state index is 13.2. The number of sulfonamides is 1. The van der Waals surface area contributed by atoms with E-state index in [0.29, 0.717) is 30.0 Å². The first kappa shape index (κ1) is 25.3. The highest BCUT2D eigenvalue weighted by atomic mass is 35.5. The molecule has 2 fully saturated rings. The molecule has 0 aromatic heterocycles. The van der Waals surface area contributed by atoms with Crippen molar-refractivity contribution in [2.75, 3.05) is 10.6 Å². The number of fused-ring (bicyclic) bond motifs is 2. The molecule has 2 saturated heterocycles. The van der Waals surface area contributed by atoms with Gasteiger partial charge in [-0.3, -0.25) is 0 Å². The Morgan fingerprint density at radius 1 is 0.919 bits per heavy atom. The van der Waals surface area contributed by atoms with Gasteiger partial charge in [-0.2, -0.15) is 0 Å². The van der Waals surface area contributed by atoms with Crippen molar-refractivity contribution in [1.82, 2.24) is 10.0 Å². The highest BCUT2D eigenvalue weighted by Crippen LogP contribution is 2.38. The molecule has 0 saturated carbocycles. The van der Waals surface area contributed by atoms with E-state index in [2.05, 4.69) is 20.7 Å². The number of piperidine rings is 1. The number of hydrogen-bond acceptors (Lipinski definition) is 6. The highest BCUT2D eigenvalue weighted by molar-refractivity contribution is 7.89. The van der Waals surface area contributed by atoms with Crippen LogP contribution in [0.2, 0.25) is 5.02 Å². The monoisotopic (exact) mass is 542 g/mol. The first-order chi connectivity index (χ1) is 17.8. The number of anilines is 2. The lowest BCUT2D eigenvalue weighted by molar-refractivity contribution is 0.262. The number of hydrogen-bond donors (Lipinski definition) is 5. The summed E-state index contributed by atoms with van der Waals surface area (Å²) in [6.07, 6.45) is 3.36. The minimum Gasteiger partial charge on any atom is -0.504 e. The molecule has 2 bridgehead atoms. The number of carbonyl (C=O) groups is 1. The van der Waals surface area contributed by atoms with Crippen LogP contribution in [0.5, 0.6) is 17.2 Å². The molecular weight excluding hydrogens is 516 g/mol. The number of rotatable bonds is 7. The van der Waals surface area contributed by atoms with Crippen LogP contribution in [0.1, 0.15) is 25.7 Å². The fourth-order valence-electron chi connectivity index (χ4n) is 4.89. The van der Waals surface area contributed by atoms with Crippen LogP contribution in [-0.4, -0.2) is 37.7 Å². The van der Waals surface area contributed by atoms with E-state index in [4.69, 9.17) is 16.3 Å². The Morgan fingerprint density at radius 2 is 1.57 bits per heavy atom. The van der Waals surface area contributed by atoms with Crippen molar-refractivity contribution in [2.24, 2.45) is 0 Å². The number of phenolic OH excluding ortho intramolecular Hbond substituents is 1. The summed E-state index contributed by atoms with van der Waals surface area (Å²) >= 11 is 6.20. The second kappa shape index (κ2) is 10.6. The van der Waals surface area contributed by atoms with Gasteiger partial charge in [-0.05, 0) is 62.1 Å². The Balaban J connectivity index is 1.31. The zero-order chi connectivity index (χ0) is 26.0. The Labute approximate surface area is 220 Å². The zero-order valence-electron chi connectivity index (χ0n) is 19.8. The van der Waals surface area contributed by atoms with E-state index in [-0.39, 0.29) is 28.8 Å². The Hall–Kier alpha value is -3.31. The molecule has 194 valence electrons. The standard InChI is InChI=1S/C26H27ClN4O5S/c27-20-12-13-22(24(32)25(20)37(34,35)31-18-14-16-10-11-17(15-18)28-16)30-26(33)29-21-8-4-5-9-23(21)36-19-6-2-1-3-7-19/h1-9,12-13,16-18,28,31-32H,10-11,14-15H2,(H2,29,30,33)/t16-,17+,18?. The second-order valence-electron chi connectivity index (χ2n) is 9.19. The van der Waals surface area contributed by atoms with Crippen LogP contribution in [-0.2, 0) is 10.0 Å². The maximum Gasteiger partial charge on any atom is 0.323 e. The van der Waals surface area contributed by atoms with Crippen molar-refractivity contribution in [1.29, 1.82) is 0 Å². The summed E-state index contributed by atoms with van der Waals surface area (Å²) in [5.41, 5.74) is 0.279. The second-order valence-corrected chi connectivity index (χ2v) is 11.2. The first-order valence-electron chi connectivity index (χ1n) is 12.0. The molecule has 5 rings (SSSR count). The molecule has 0 spiro atoms. The van der Waals surface area contributed by atoms with Gasteiger partial charge in [-0.25, -0.2) is 17.9 Å². The number of amides is 2. The summed E-state index contributed by atoms with van der Waals surface area (Å²) in [6.45, 7) is 0. The van der Waals surface area contributed by atoms with E-state index in [9.17, 15) is 18.3 Å². The third-order valence-corrected chi connectivity index (χ3v) is 8.52. The van der Waals surface area contributed by atoms with Crippen LogP contribution in [0.3, 0.4) is 0 Å². The number of phenols is 1. The number of benzene rings is 3. The molecule has 0 radical (unpaired) electrons. The average Bonchev–Trinajstić information content (AvgIpc) is 3.20. The zero-order valence-corrected chi connectivity index (χ0v) is 21.4. The van der Waals surface area contributed by atoms with Crippen LogP contribution < -0.4 is 25.4 Å². The van der Waals surface area contributed by atoms with Crippen LogP contribution in [0.4, 0.5) is 16.2 Å². The fourth-order valence-corrected chi connectivity index (χ4v) is 6.78. The number of halogens is 1. The minimum absolute atomic E-state index is 0.103. The fraction of sp³-hybridized carbons (Fsp3) is 0.269. The smallest absolute Gasteiger partial charge is 0.323 e. The van der Waals surface area contributed by atoms with E-state index >= 15 is 0 Å². The number of ether oxygens (including phenoxy) is 1. The van der Waals surface area contributed by atoms with Gasteiger partial charge < -0.3 is 25.8 Å². The van der Waals surface area contributed by atoms with Gasteiger partial charge in [0, 0.05) is 18.1 Å². The molecule has 2 heterocycles. The third-order valence-electron chi connectivity index (χ3n) is 6.50. The molecule has 2 aliphatic heterocycles. The van der Waals surface area contributed by atoms with Crippen molar-refractivity contribution in [3.05, 3.63) is 71.8 Å². The molecule has 1 unspecified atom stereocenters. The van der Waals surface area contributed by atoms with Crippen molar-refractivity contribution in [3.8, 4) is 17.2 Å². The topological polar surface area (TPSA) is 129 Å². The van der Waals surface area contributed by atoms with Crippen LogP contribution in [0.15, 0.2) is 71.6 Å². The van der Waals surface area contributed by atoms with E-state index in [0.717, 1.165) is 12.8 Å². The van der Waals surface area contributed by atoms with Crippen molar-refractivity contribution < 1.29 is 23.1 Å². The van der Waals surface area contributed by atoms with E-state index in [1.165, 1.54) is 12.1 Å². The quantitative estimate of drug-likeness (QED) is 0.266. The van der Waals surface area contributed by atoms with Crippen molar-refractivity contribution >= 4 is 39.0 Å².